The molecule has 0 atom stereocenters. The monoisotopic (exact) mass is 246 g/mol. The van der Waals surface area contributed by atoms with Gasteiger partial charge in [0.25, 0.3) is 0 Å². The Kier molecular flexibility index (Phi) is 3.27. The van der Waals surface area contributed by atoms with Crippen molar-refractivity contribution in [3.63, 3.8) is 0 Å². The fourth-order valence-electron chi connectivity index (χ4n) is 1.46. The number of rotatable bonds is 2. The van der Waals surface area contributed by atoms with Crippen LogP contribution in [0.1, 0.15) is 12.6 Å². The SMILES string of the molecule is CC(=O)Nc1ncc(-c2cncc(F)c2)nc1C. The summed E-state index contributed by atoms with van der Waals surface area (Å²) < 4.78 is 13.0. The number of anilines is 1. The largest absolute Gasteiger partial charge is 0.309 e. The summed E-state index contributed by atoms with van der Waals surface area (Å²) in [4.78, 5) is 23.0. The summed E-state index contributed by atoms with van der Waals surface area (Å²) >= 11 is 0. The molecule has 0 aliphatic rings. The average molecular weight is 246 g/mol. The van der Waals surface area contributed by atoms with Gasteiger partial charge in [-0.3, -0.25) is 9.78 Å². The van der Waals surface area contributed by atoms with Gasteiger partial charge >= 0.3 is 0 Å². The normalized spacial score (nSPS) is 10.2. The maximum absolute atomic E-state index is 13.0. The van der Waals surface area contributed by atoms with Crippen LogP contribution in [-0.2, 0) is 4.79 Å². The van der Waals surface area contributed by atoms with Gasteiger partial charge in [-0.05, 0) is 13.0 Å². The van der Waals surface area contributed by atoms with Crippen molar-refractivity contribution in [1.82, 2.24) is 15.0 Å². The highest BCUT2D eigenvalue weighted by Crippen LogP contribution is 2.18. The first-order chi connectivity index (χ1) is 8.56. The number of aryl methyl sites for hydroxylation is 1. The summed E-state index contributed by atoms with van der Waals surface area (Å²) in [6.07, 6.45) is 4.09. The molecule has 0 unspecified atom stereocenters. The van der Waals surface area contributed by atoms with E-state index in [1.54, 1.807) is 6.92 Å². The third-order valence-corrected chi connectivity index (χ3v) is 2.24. The summed E-state index contributed by atoms with van der Waals surface area (Å²) in [6.45, 7) is 3.11. The minimum absolute atomic E-state index is 0.215. The van der Waals surface area contributed by atoms with Crippen LogP contribution in [0, 0.1) is 12.7 Å². The van der Waals surface area contributed by atoms with Gasteiger partial charge in [-0.2, -0.15) is 0 Å². The van der Waals surface area contributed by atoms with Crippen LogP contribution < -0.4 is 5.32 Å². The molecular weight excluding hydrogens is 235 g/mol. The molecule has 0 saturated heterocycles. The first-order valence-corrected chi connectivity index (χ1v) is 5.28. The van der Waals surface area contributed by atoms with E-state index in [1.807, 2.05) is 0 Å². The van der Waals surface area contributed by atoms with Crippen molar-refractivity contribution in [3.8, 4) is 11.3 Å². The third-order valence-electron chi connectivity index (χ3n) is 2.24. The van der Waals surface area contributed by atoms with Crippen LogP contribution >= 0.6 is 0 Å². The van der Waals surface area contributed by atoms with Gasteiger partial charge in [-0.25, -0.2) is 14.4 Å². The quantitative estimate of drug-likeness (QED) is 0.879. The van der Waals surface area contributed by atoms with Crippen molar-refractivity contribution in [2.45, 2.75) is 13.8 Å². The molecule has 0 fully saturated rings. The second-order valence-electron chi connectivity index (χ2n) is 3.76. The first kappa shape index (κ1) is 12.1. The average Bonchev–Trinajstić information content (AvgIpc) is 2.31. The Bertz CT molecular complexity index is 600. The molecule has 0 radical (unpaired) electrons. The van der Waals surface area contributed by atoms with Gasteiger partial charge in [0, 0.05) is 18.7 Å². The number of pyridine rings is 1. The van der Waals surface area contributed by atoms with Crippen LogP contribution in [0.5, 0.6) is 0 Å². The molecule has 0 saturated carbocycles. The van der Waals surface area contributed by atoms with Crippen molar-refractivity contribution in [2.24, 2.45) is 0 Å². The summed E-state index contributed by atoms with van der Waals surface area (Å²) in [5.74, 6) is -0.249. The Labute approximate surface area is 103 Å². The molecule has 2 heterocycles. The highest BCUT2D eigenvalue weighted by Gasteiger charge is 2.07. The fraction of sp³-hybridized carbons (Fsp3) is 0.167. The van der Waals surface area contributed by atoms with Crippen LogP contribution in [-0.4, -0.2) is 20.9 Å². The number of hydrogen-bond donors (Lipinski definition) is 1. The maximum atomic E-state index is 13.0. The molecular formula is C12H11FN4O. The number of carbonyl (C=O) groups is 1. The molecule has 0 aliphatic carbocycles. The number of nitrogens with one attached hydrogen (secondary N) is 1. The second-order valence-corrected chi connectivity index (χ2v) is 3.76. The van der Waals surface area contributed by atoms with Gasteiger partial charge in [-0.15, -0.1) is 0 Å². The summed E-state index contributed by atoms with van der Waals surface area (Å²) in [6, 6.07) is 1.33. The number of halogens is 1. The molecule has 1 amide bonds. The second kappa shape index (κ2) is 4.87. The Morgan fingerprint density at radius 1 is 1.33 bits per heavy atom. The lowest BCUT2D eigenvalue weighted by Gasteiger charge is -2.06. The summed E-state index contributed by atoms with van der Waals surface area (Å²) in [5, 5.41) is 2.56. The first-order valence-electron chi connectivity index (χ1n) is 5.28. The number of carbonyl (C=O) groups excluding carboxylic acids is 1. The molecule has 18 heavy (non-hydrogen) atoms. The van der Waals surface area contributed by atoms with E-state index < -0.39 is 5.82 Å². The molecule has 0 aromatic carbocycles. The van der Waals surface area contributed by atoms with Crippen LogP contribution in [0.4, 0.5) is 10.2 Å². The molecule has 0 bridgehead atoms. The minimum Gasteiger partial charge on any atom is -0.309 e. The van der Waals surface area contributed by atoms with Gasteiger partial charge in [0.2, 0.25) is 5.91 Å². The summed E-state index contributed by atoms with van der Waals surface area (Å²) in [5.41, 5.74) is 1.61. The number of aromatic nitrogens is 3. The van der Waals surface area contributed by atoms with Crippen LogP contribution in [0.2, 0.25) is 0 Å². The van der Waals surface area contributed by atoms with Gasteiger partial charge in [-0.1, -0.05) is 0 Å². The minimum atomic E-state index is -0.433. The van der Waals surface area contributed by atoms with E-state index in [9.17, 15) is 9.18 Å². The lowest BCUT2D eigenvalue weighted by molar-refractivity contribution is -0.114. The van der Waals surface area contributed by atoms with Gasteiger partial charge in [0.05, 0.1) is 23.8 Å². The molecule has 92 valence electrons. The molecule has 0 aliphatic heterocycles. The standard InChI is InChI=1S/C12H11FN4O/c1-7-12(17-8(2)18)15-6-11(16-7)9-3-10(13)5-14-4-9/h3-6H,1-2H3,(H,15,17,18). The fourth-order valence-corrected chi connectivity index (χ4v) is 1.46. The van der Waals surface area contributed by atoms with E-state index in [1.165, 1.54) is 25.4 Å². The van der Waals surface area contributed by atoms with Crippen molar-refractivity contribution in [3.05, 3.63) is 36.2 Å². The lowest BCUT2D eigenvalue weighted by atomic mass is 10.2. The Morgan fingerprint density at radius 3 is 2.72 bits per heavy atom. The van der Waals surface area contributed by atoms with Crippen molar-refractivity contribution in [2.75, 3.05) is 5.32 Å². The van der Waals surface area contributed by atoms with E-state index in [2.05, 4.69) is 20.3 Å². The molecule has 2 aromatic rings. The predicted molar refractivity (Wildman–Crippen MR) is 64.3 cm³/mol. The topological polar surface area (TPSA) is 67.8 Å². The van der Waals surface area contributed by atoms with Gasteiger partial charge in [0.1, 0.15) is 5.82 Å². The van der Waals surface area contributed by atoms with E-state index in [0.717, 1.165) is 6.20 Å². The zero-order valence-corrected chi connectivity index (χ0v) is 9.94. The van der Waals surface area contributed by atoms with Crippen molar-refractivity contribution >= 4 is 11.7 Å². The van der Waals surface area contributed by atoms with Crippen molar-refractivity contribution in [1.29, 1.82) is 0 Å². The zero-order chi connectivity index (χ0) is 13.1. The molecule has 2 rings (SSSR count). The summed E-state index contributed by atoms with van der Waals surface area (Å²) in [7, 11) is 0. The third kappa shape index (κ3) is 2.65. The lowest BCUT2D eigenvalue weighted by Crippen LogP contribution is -2.10. The van der Waals surface area contributed by atoms with Gasteiger partial charge < -0.3 is 5.32 Å². The molecule has 2 aromatic heterocycles. The Hall–Kier alpha value is -2.37. The molecule has 5 nitrogen and oxygen atoms in total. The van der Waals surface area contributed by atoms with Crippen LogP contribution in [0.3, 0.4) is 0 Å². The highest BCUT2D eigenvalue weighted by atomic mass is 19.1. The Balaban J connectivity index is 2.37. The molecule has 6 heteroatoms. The zero-order valence-electron chi connectivity index (χ0n) is 9.94. The smallest absolute Gasteiger partial charge is 0.222 e. The van der Waals surface area contributed by atoms with Crippen LogP contribution in [0.25, 0.3) is 11.3 Å². The predicted octanol–water partition coefficient (Wildman–Crippen LogP) is 1.94. The van der Waals surface area contributed by atoms with Crippen molar-refractivity contribution < 1.29 is 9.18 Å². The molecule has 1 N–H and O–H groups in total. The molecule has 0 spiro atoms. The maximum Gasteiger partial charge on any atom is 0.222 e. The van der Waals surface area contributed by atoms with E-state index >= 15 is 0 Å². The number of nitrogens with zero attached hydrogens (tertiary/aromatic N) is 3. The van der Waals surface area contributed by atoms with E-state index in [4.69, 9.17) is 0 Å². The van der Waals surface area contributed by atoms with Gasteiger partial charge in [0.15, 0.2) is 5.82 Å². The number of amides is 1. The number of hydrogen-bond acceptors (Lipinski definition) is 4. The van der Waals surface area contributed by atoms with E-state index in [-0.39, 0.29) is 5.91 Å². The van der Waals surface area contributed by atoms with E-state index in [0.29, 0.717) is 22.8 Å². The highest BCUT2D eigenvalue weighted by molar-refractivity contribution is 5.88. The Morgan fingerprint density at radius 2 is 2.11 bits per heavy atom. The van der Waals surface area contributed by atoms with Crippen LogP contribution in [0.15, 0.2) is 24.7 Å².